The van der Waals surface area contributed by atoms with Crippen molar-refractivity contribution >= 4 is 27.6 Å². The van der Waals surface area contributed by atoms with E-state index < -0.39 is 11.7 Å². The molecule has 0 heterocycles. The van der Waals surface area contributed by atoms with Gasteiger partial charge >= 0.3 is 0 Å². The zero-order chi connectivity index (χ0) is 18.4. The number of Topliss-reactive ketones (excluding diaryl/α,β-unsaturated/α-hetero) is 1. The molecule has 2 aromatic rings. The molecule has 0 radical (unpaired) electrons. The van der Waals surface area contributed by atoms with Crippen LogP contribution in [-0.4, -0.2) is 25.4 Å². The Kier molecular flexibility index (Phi) is 6.52. The van der Waals surface area contributed by atoms with Crippen LogP contribution in [0.2, 0.25) is 0 Å². The molecule has 7 heteroatoms. The second kappa shape index (κ2) is 8.62. The van der Waals surface area contributed by atoms with Gasteiger partial charge in [0.2, 0.25) is 0 Å². The van der Waals surface area contributed by atoms with E-state index in [4.69, 9.17) is 9.47 Å². The lowest BCUT2D eigenvalue weighted by atomic mass is 10.1. The van der Waals surface area contributed by atoms with Crippen LogP contribution in [0, 0.1) is 5.82 Å². The highest BCUT2D eigenvalue weighted by atomic mass is 79.9. The van der Waals surface area contributed by atoms with Gasteiger partial charge in [0.05, 0.1) is 7.11 Å². The van der Waals surface area contributed by atoms with Gasteiger partial charge in [-0.3, -0.25) is 9.59 Å². The second-order valence-corrected chi connectivity index (χ2v) is 6.14. The van der Waals surface area contributed by atoms with Crippen LogP contribution in [0.15, 0.2) is 40.9 Å². The van der Waals surface area contributed by atoms with E-state index in [9.17, 15) is 14.0 Å². The normalized spacial score (nSPS) is 10.2. The summed E-state index contributed by atoms with van der Waals surface area (Å²) in [6.07, 6.45) is 0. The number of carbonyl (C=O) groups excluding carboxylic acids is 2. The fourth-order valence-corrected chi connectivity index (χ4v) is 2.48. The number of benzene rings is 2. The molecular formula is C18H17BrFNO4. The van der Waals surface area contributed by atoms with Gasteiger partial charge in [-0.25, -0.2) is 4.39 Å². The quantitative estimate of drug-likeness (QED) is 0.710. The van der Waals surface area contributed by atoms with E-state index in [0.717, 1.165) is 4.47 Å². The molecule has 0 unspecified atom stereocenters. The van der Waals surface area contributed by atoms with Gasteiger partial charge in [-0.2, -0.15) is 0 Å². The molecule has 0 saturated carbocycles. The summed E-state index contributed by atoms with van der Waals surface area (Å²) >= 11 is 3.25. The van der Waals surface area contributed by atoms with E-state index in [1.165, 1.54) is 20.1 Å². The topological polar surface area (TPSA) is 64.6 Å². The van der Waals surface area contributed by atoms with Gasteiger partial charge in [0.25, 0.3) is 5.91 Å². The maximum atomic E-state index is 13.6. The highest BCUT2D eigenvalue weighted by Crippen LogP contribution is 2.28. The van der Waals surface area contributed by atoms with Crippen LogP contribution in [0.5, 0.6) is 11.5 Å². The molecule has 0 aliphatic rings. The molecule has 0 fully saturated rings. The number of ketones is 1. The fourth-order valence-electron chi connectivity index (χ4n) is 2.07. The molecule has 5 nitrogen and oxygen atoms in total. The molecule has 1 N–H and O–H groups in total. The van der Waals surface area contributed by atoms with Crippen molar-refractivity contribution in [1.82, 2.24) is 5.32 Å². The van der Waals surface area contributed by atoms with Crippen molar-refractivity contribution in [2.45, 2.75) is 13.5 Å². The van der Waals surface area contributed by atoms with E-state index in [2.05, 4.69) is 21.2 Å². The van der Waals surface area contributed by atoms with Gasteiger partial charge in [0, 0.05) is 22.1 Å². The van der Waals surface area contributed by atoms with Crippen molar-refractivity contribution in [2.24, 2.45) is 0 Å². The zero-order valence-electron chi connectivity index (χ0n) is 13.8. The third-order valence-electron chi connectivity index (χ3n) is 3.41. The predicted octanol–water partition coefficient (Wildman–Crippen LogP) is 3.49. The Balaban J connectivity index is 1.93. The van der Waals surface area contributed by atoms with Crippen LogP contribution in [0.25, 0.3) is 0 Å². The number of carbonyl (C=O) groups is 2. The maximum absolute atomic E-state index is 13.6. The smallest absolute Gasteiger partial charge is 0.258 e. The van der Waals surface area contributed by atoms with Crippen molar-refractivity contribution in [3.05, 3.63) is 57.8 Å². The Bertz CT molecular complexity index is 795. The van der Waals surface area contributed by atoms with Crippen molar-refractivity contribution in [3.63, 3.8) is 0 Å². The van der Waals surface area contributed by atoms with Crippen molar-refractivity contribution in [1.29, 1.82) is 0 Å². The van der Waals surface area contributed by atoms with Crippen molar-refractivity contribution in [3.8, 4) is 11.5 Å². The third-order valence-corrected chi connectivity index (χ3v) is 3.91. The standard InChI is InChI=1S/C18H17BrFNO4/c1-11(22)12-3-6-16(17(8-12)24-2)25-10-18(23)21-9-13-7-14(19)4-5-15(13)20/h3-8H,9-10H2,1-2H3,(H,21,23). The first kappa shape index (κ1) is 18.9. The van der Waals surface area contributed by atoms with Crippen LogP contribution < -0.4 is 14.8 Å². The van der Waals surface area contributed by atoms with Gasteiger partial charge in [0.15, 0.2) is 23.9 Å². The largest absolute Gasteiger partial charge is 0.493 e. The molecule has 132 valence electrons. The Morgan fingerprint density at radius 1 is 1.16 bits per heavy atom. The summed E-state index contributed by atoms with van der Waals surface area (Å²) in [5.41, 5.74) is 0.852. The summed E-state index contributed by atoms with van der Waals surface area (Å²) in [6, 6.07) is 9.21. The number of halogens is 2. The first-order valence-corrected chi connectivity index (χ1v) is 8.22. The van der Waals surface area contributed by atoms with Crippen molar-refractivity contribution < 1.29 is 23.5 Å². The fraction of sp³-hybridized carbons (Fsp3) is 0.222. The average Bonchev–Trinajstić information content (AvgIpc) is 2.60. The summed E-state index contributed by atoms with van der Waals surface area (Å²) in [5, 5.41) is 2.58. The minimum absolute atomic E-state index is 0.0495. The number of methoxy groups -OCH3 is 1. The van der Waals surface area contributed by atoms with Gasteiger partial charge < -0.3 is 14.8 Å². The molecule has 25 heavy (non-hydrogen) atoms. The summed E-state index contributed by atoms with van der Waals surface area (Å²) < 4.78 is 24.9. The summed E-state index contributed by atoms with van der Waals surface area (Å²) in [4.78, 5) is 23.3. The minimum Gasteiger partial charge on any atom is -0.493 e. The number of hydrogen-bond donors (Lipinski definition) is 1. The number of ether oxygens (including phenoxy) is 2. The minimum atomic E-state index is -0.405. The monoisotopic (exact) mass is 409 g/mol. The highest BCUT2D eigenvalue weighted by molar-refractivity contribution is 9.10. The molecule has 0 aromatic heterocycles. The molecule has 0 aliphatic carbocycles. The lowest BCUT2D eigenvalue weighted by Gasteiger charge is -2.12. The molecule has 2 rings (SSSR count). The van der Waals surface area contributed by atoms with Crippen molar-refractivity contribution in [2.75, 3.05) is 13.7 Å². The Morgan fingerprint density at radius 3 is 2.60 bits per heavy atom. The SMILES string of the molecule is COc1cc(C(C)=O)ccc1OCC(=O)NCc1cc(Br)ccc1F. The zero-order valence-corrected chi connectivity index (χ0v) is 15.4. The lowest BCUT2D eigenvalue weighted by Crippen LogP contribution is -2.28. The highest BCUT2D eigenvalue weighted by Gasteiger charge is 2.11. The molecule has 2 aromatic carbocycles. The van der Waals surface area contributed by atoms with Gasteiger partial charge in [0.1, 0.15) is 5.82 Å². The van der Waals surface area contributed by atoms with Crippen LogP contribution in [-0.2, 0) is 11.3 Å². The van der Waals surface area contributed by atoms with E-state index in [-0.39, 0.29) is 18.9 Å². The summed E-state index contributed by atoms with van der Waals surface area (Å²) in [7, 11) is 1.45. The van der Waals surface area contributed by atoms with Crippen LogP contribution >= 0.6 is 15.9 Å². The predicted molar refractivity (Wildman–Crippen MR) is 94.4 cm³/mol. The van der Waals surface area contributed by atoms with E-state index in [1.807, 2.05) is 0 Å². The summed E-state index contributed by atoms with van der Waals surface area (Å²) in [6.45, 7) is 1.24. The number of nitrogens with one attached hydrogen (secondary N) is 1. The van der Waals surface area contributed by atoms with E-state index in [0.29, 0.717) is 22.6 Å². The molecule has 1 amide bonds. The maximum Gasteiger partial charge on any atom is 0.258 e. The molecular weight excluding hydrogens is 393 g/mol. The number of amides is 1. The molecule has 0 atom stereocenters. The Labute approximate surface area is 153 Å². The van der Waals surface area contributed by atoms with E-state index >= 15 is 0 Å². The first-order valence-electron chi connectivity index (χ1n) is 7.43. The number of rotatable bonds is 7. The van der Waals surface area contributed by atoms with Crippen LogP contribution in [0.4, 0.5) is 4.39 Å². The van der Waals surface area contributed by atoms with Crippen LogP contribution in [0.3, 0.4) is 0 Å². The lowest BCUT2D eigenvalue weighted by molar-refractivity contribution is -0.123. The van der Waals surface area contributed by atoms with Gasteiger partial charge in [-0.15, -0.1) is 0 Å². The summed E-state index contributed by atoms with van der Waals surface area (Å²) in [5.74, 6) is -0.198. The van der Waals surface area contributed by atoms with Crippen LogP contribution in [0.1, 0.15) is 22.8 Å². The molecule has 0 saturated heterocycles. The molecule has 0 aliphatic heterocycles. The molecule has 0 bridgehead atoms. The number of hydrogen-bond acceptors (Lipinski definition) is 4. The first-order chi connectivity index (χ1) is 11.9. The average molecular weight is 410 g/mol. The van der Waals surface area contributed by atoms with Gasteiger partial charge in [-0.1, -0.05) is 15.9 Å². The Morgan fingerprint density at radius 2 is 1.92 bits per heavy atom. The molecule has 0 spiro atoms. The van der Waals surface area contributed by atoms with Gasteiger partial charge in [-0.05, 0) is 43.3 Å². The van der Waals surface area contributed by atoms with E-state index in [1.54, 1.807) is 30.3 Å². The Hall–Kier alpha value is -2.41. The third kappa shape index (κ3) is 5.29. The second-order valence-electron chi connectivity index (χ2n) is 5.22.